The van der Waals surface area contributed by atoms with Crippen molar-refractivity contribution in [3.05, 3.63) is 22.7 Å². The van der Waals surface area contributed by atoms with Gasteiger partial charge in [-0.05, 0) is 59.8 Å². The van der Waals surface area contributed by atoms with Crippen molar-refractivity contribution >= 4 is 38.4 Å². The number of methoxy groups -OCH3 is 1. The van der Waals surface area contributed by atoms with Crippen molar-refractivity contribution in [2.75, 3.05) is 7.11 Å². The van der Waals surface area contributed by atoms with E-state index >= 15 is 0 Å². The molecule has 2 bridgehead atoms. The van der Waals surface area contributed by atoms with Crippen LogP contribution in [0.15, 0.2) is 27.6 Å². The van der Waals surface area contributed by atoms with E-state index in [1.807, 2.05) is 0 Å². The number of fused-ring (bicyclic) bond motifs is 2. The van der Waals surface area contributed by atoms with E-state index in [1.54, 1.807) is 25.3 Å². The van der Waals surface area contributed by atoms with Gasteiger partial charge in [0.05, 0.1) is 16.5 Å². The van der Waals surface area contributed by atoms with E-state index in [2.05, 4.69) is 26.0 Å². The van der Waals surface area contributed by atoms with Crippen LogP contribution in [0.4, 0.5) is 0 Å². The quantitative estimate of drug-likeness (QED) is 0.798. The highest BCUT2D eigenvalue weighted by Crippen LogP contribution is 2.30. The summed E-state index contributed by atoms with van der Waals surface area (Å²) >= 11 is 3.33. The Morgan fingerprint density at radius 1 is 1.27 bits per heavy atom. The van der Waals surface area contributed by atoms with Crippen LogP contribution in [0.2, 0.25) is 0 Å². The van der Waals surface area contributed by atoms with Crippen LogP contribution in [0.5, 0.6) is 5.75 Å². The third-order valence-electron chi connectivity index (χ3n) is 4.23. The van der Waals surface area contributed by atoms with Crippen LogP contribution in [-0.4, -0.2) is 33.7 Å². The fourth-order valence-electron chi connectivity index (χ4n) is 3.26. The molecule has 0 radical (unpaired) electrons. The van der Waals surface area contributed by atoms with E-state index in [9.17, 15) is 8.42 Å². The summed E-state index contributed by atoms with van der Waals surface area (Å²) in [6.07, 6.45) is 4.04. The van der Waals surface area contributed by atoms with Crippen molar-refractivity contribution in [1.29, 1.82) is 0 Å². The van der Waals surface area contributed by atoms with Gasteiger partial charge in [-0.1, -0.05) is 0 Å². The summed E-state index contributed by atoms with van der Waals surface area (Å²) < 4.78 is 33.6. The number of sulfonamides is 1. The molecule has 0 aliphatic carbocycles. The average Bonchev–Trinajstić information content (AvgIpc) is 2.77. The molecular formula is C14H20BrClN2O3S. The fraction of sp³-hybridized carbons (Fsp3) is 0.571. The second kappa shape index (κ2) is 7.05. The molecule has 2 aliphatic rings. The average molecular weight is 412 g/mol. The van der Waals surface area contributed by atoms with Gasteiger partial charge in [0.25, 0.3) is 0 Å². The molecule has 124 valence electrons. The molecule has 0 aromatic heterocycles. The van der Waals surface area contributed by atoms with Crippen LogP contribution in [0.25, 0.3) is 0 Å². The topological polar surface area (TPSA) is 67.4 Å². The molecule has 2 heterocycles. The second-order valence-electron chi connectivity index (χ2n) is 5.72. The lowest BCUT2D eigenvalue weighted by Crippen LogP contribution is -2.47. The van der Waals surface area contributed by atoms with E-state index in [-0.39, 0.29) is 23.3 Å². The number of piperidine rings is 1. The van der Waals surface area contributed by atoms with Crippen LogP contribution >= 0.6 is 28.3 Å². The molecule has 0 spiro atoms. The zero-order valence-electron chi connectivity index (χ0n) is 12.2. The summed E-state index contributed by atoms with van der Waals surface area (Å²) in [5.41, 5.74) is 0. The van der Waals surface area contributed by atoms with Gasteiger partial charge in [-0.3, -0.25) is 0 Å². The van der Waals surface area contributed by atoms with E-state index in [0.717, 1.165) is 25.7 Å². The zero-order chi connectivity index (χ0) is 15.0. The Balaban J connectivity index is 0.00000176. The molecule has 2 saturated heterocycles. The Labute approximate surface area is 145 Å². The van der Waals surface area contributed by atoms with Gasteiger partial charge in [-0.25, -0.2) is 13.1 Å². The maximum Gasteiger partial charge on any atom is 0.240 e. The molecule has 2 N–H and O–H groups in total. The van der Waals surface area contributed by atoms with Crippen LogP contribution in [0.3, 0.4) is 0 Å². The van der Waals surface area contributed by atoms with Crippen molar-refractivity contribution in [2.45, 2.75) is 48.7 Å². The van der Waals surface area contributed by atoms with Gasteiger partial charge in [-0.2, -0.15) is 0 Å². The van der Waals surface area contributed by atoms with Gasteiger partial charge in [0, 0.05) is 18.1 Å². The number of nitrogens with one attached hydrogen (secondary N) is 2. The Hall–Kier alpha value is -0.340. The maximum absolute atomic E-state index is 12.5. The number of ether oxygens (including phenoxy) is 1. The summed E-state index contributed by atoms with van der Waals surface area (Å²) in [6.45, 7) is 0. The summed E-state index contributed by atoms with van der Waals surface area (Å²) in [5, 5.41) is 3.51. The van der Waals surface area contributed by atoms with E-state index < -0.39 is 10.0 Å². The van der Waals surface area contributed by atoms with Gasteiger partial charge in [0.2, 0.25) is 10.0 Å². The van der Waals surface area contributed by atoms with Crippen LogP contribution in [0.1, 0.15) is 25.7 Å². The van der Waals surface area contributed by atoms with Crippen molar-refractivity contribution in [2.24, 2.45) is 0 Å². The molecule has 3 rings (SSSR count). The minimum atomic E-state index is -3.49. The summed E-state index contributed by atoms with van der Waals surface area (Å²) in [5.74, 6) is 0.619. The SMILES string of the molecule is COc1ccc(S(=O)(=O)NC2CC3CCC(C2)N3)cc1Br.Cl. The molecule has 22 heavy (non-hydrogen) atoms. The highest BCUT2D eigenvalue weighted by atomic mass is 79.9. The smallest absolute Gasteiger partial charge is 0.240 e. The molecule has 0 saturated carbocycles. The second-order valence-corrected chi connectivity index (χ2v) is 8.29. The Morgan fingerprint density at radius 2 is 1.91 bits per heavy atom. The van der Waals surface area contributed by atoms with Crippen molar-refractivity contribution in [3.63, 3.8) is 0 Å². The molecule has 2 atom stereocenters. The highest BCUT2D eigenvalue weighted by molar-refractivity contribution is 9.10. The lowest BCUT2D eigenvalue weighted by Gasteiger charge is -2.29. The van der Waals surface area contributed by atoms with Crippen molar-refractivity contribution in [3.8, 4) is 5.75 Å². The Morgan fingerprint density at radius 3 is 2.45 bits per heavy atom. The first-order valence-electron chi connectivity index (χ1n) is 7.10. The van der Waals surface area contributed by atoms with Gasteiger partial charge in [-0.15, -0.1) is 12.4 Å². The first-order valence-corrected chi connectivity index (χ1v) is 9.37. The first-order chi connectivity index (χ1) is 9.98. The molecule has 1 aromatic carbocycles. The number of hydrogen-bond acceptors (Lipinski definition) is 4. The minimum absolute atomic E-state index is 0. The normalized spacial score (nSPS) is 27.3. The molecular weight excluding hydrogens is 392 g/mol. The van der Waals surface area contributed by atoms with Gasteiger partial charge >= 0.3 is 0 Å². The highest BCUT2D eigenvalue weighted by Gasteiger charge is 2.35. The van der Waals surface area contributed by atoms with Gasteiger partial charge < -0.3 is 10.1 Å². The molecule has 2 aliphatic heterocycles. The van der Waals surface area contributed by atoms with Gasteiger partial charge in [0.1, 0.15) is 5.75 Å². The van der Waals surface area contributed by atoms with Crippen molar-refractivity contribution in [1.82, 2.24) is 10.0 Å². The maximum atomic E-state index is 12.5. The third kappa shape index (κ3) is 3.76. The van der Waals surface area contributed by atoms with E-state index in [1.165, 1.54) is 0 Å². The zero-order valence-corrected chi connectivity index (χ0v) is 15.4. The standard InChI is InChI=1S/C14H19BrN2O3S.ClH/c1-20-14-5-4-12(8-13(14)15)21(18,19)17-11-6-9-2-3-10(7-11)16-9;/h4-5,8-11,16-17H,2-3,6-7H2,1H3;1H. The lowest BCUT2D eigenvalue weighted by molar-refractivity contribution is 0.345. The molecule has 2 unspecified atom stereocenters. The molecule has 2 fully saturated rings. The number of hydrogen-bond donors (Lipinski definition) is 2. The summed E-state index contributed by atoms with van der Waals surface area (Å²) in [7, 11) is -1.94. The van der Waals surface area contributed by atoms with Crippen molar-refractivity contribution < 1.29 is 13.2 Å². The first kappa shape index (κ1) is 18.0. The van der Waals surface area contributed by atoms with E-state index in [4.69, 9.17) is 4.74 Å². The minimum Gasteiger partial charge on any atom is -0.496 e. The molecule has 5 nitrogen and oxygen atoms in total. The van der Waals surface area contributed by atoms with Crippen LogP contribution < -0.4 is 14.8 Å². The predicted octanol–water partition coefficient (Wildman–Crippen LogP) is 2.44. The van der Waals surface area contributed by atoms with E-state index in [0.29, 0.717) is 22.3 Å². The largest absolute Gasteiger partial charge is 0.496 e. The Bertz CT molecular complexity index is 629. The molecule has 8 heteroatoms. The summed E-state index contributed by atoms with van der Waals surface area (Å²) in [4.78, 5) is 0.265. The predicted molar refractivity (Wildman–Crippen MR) is 91.2 cm³/mol. The summed E-state index contributed by atoms with van der Waals surface area (Å²) in [6, 6.07) is 5.75. The lowest BCUT2D eigenvalue weighted by atomic mass is 10.0. The number of rotatable bonds is 4. The van der Waals surface area contributed by atoms with Gasteiger partial charge in [0.15, 0.2) is 0 Å². The number of benzene rings is 1. The monoisotopic (exact) mass is 410 g/mol. The molecule has 1 aromatic rings. The Kier molecular flexibility index (Phi) is 5.77. The van der Waals surface area contributed by atoms with Crippen LogP contribution in [0, 0.1) is 0 Å². The molecule has 0 amide bonds. The fourth-order valence-corrected chi connectivity index (χ4v) is 5.23. The third-order valence-corrected chi connectivity index (χ3v) is 6.37. The van der Waals surface area contributed by atoms with Crippen LogP contribution in [-0.2, 0) is 10.0 Å². The number of halogens is 2.